The van der Waals surface area contributed by atoms with E-state index in [1.807, 2.05) is 6.26 Å². The van der Waals surface area contributed by atoms with Gasteiger partial charge < -0.3 is 5.43 Å². The summed E-state index contributed by atoms with van der Waals surface area (Å²) in [5.41, 5.74) is 2.06. The molecule has 20 heavy (non-hydrogen) atoms. The molecule has 1 aromatic rings. The highest BCUT2D eigenvalue weighted by Gasteiger charge is 2.26. The zero-order chi connectivity index (χ0) is 15.3. The van der Waals surface area contributed by atoms with E-state index in [-0.39, 0.29) is 16.3 Å². The van der Waals surface area contributed by atoms with Gasteiger partial charge in [-0.1, -0.05) is 0 Å². The van der Waals surface area contributed by atoms with Crippen LogP contribution in [0.25, 0.3) is 0 Å². The minimum Gasteiger partial charge on any atom is -0.323 e. The van der Waals surface area contributed by atoms with Crippen LogP contribution in [0, 0.1) is 10.1 Å². The molecule has 112 valence electrons. The third kappa shape index (κ3) is 3.60. The molecule has 0 unspecified atom stereocenters. The number of nitrogens with two attached hydrogens (primary N) is 1. The lowest BCUT2D eigenvalue weighted by Gasteiger charge is -2.18. The number of non-ortho nitro benzene ring substituents is 1. The molecule has 1 rings (SSSR count). The van der Waals surface area contributed by atoms with Crippen molar-refractivity contribution in [2.45, 2.75) is 4.90 Å². The Balaban J connectivity index is 3.27. The number of nitro groups is 1. The Hall–Kier alpha value is -1.36. The van der Waals surface area contributed by atoms with Crippen molar-refractivity contribution in [3.8, 4) is 0 Å². The number of benzene rings is 1. The maximum atomic E-state index is 12.4. The maximum absolute atomic E-state index is 12.4. The van der Waals surface area contributed by atoms with Gasteiger partial charge in [0.15, 0.2) is 0 Å². The number of hydrogen-bond donors (Lipinski definition) is 2. The molecule has 0 fully saturated rings. The number of nitrogen functional groups attached to an aromatic ring is 1. The van der Waals surface area contributed by atoms with Crippen LogP contribution in [-0.2, 0) is 10.0 Å². The molecule has 0 aliphatic carbocycles. The lowest BCUT2D eigenvalue weighted by atomic mass is 10.3. The summed E-state index contributed by atoms with van der Waals surface area (Å²) in [4.78, 5) is 9.90. The normalized spacial score (nSPS) is 11.6. The van der Waals surface area contributed by atoms with Crippen molar-refractivity contribution in [1.82, 2.24) is 4.31 Å². The van der Waals surface area contributed by atoms with Crippen LogP contribution in [0.15, 0.2) is 23.1 Å². The minimum atomic E-state index is -3.84. The molecule has 1 aromatic carbocycles. The number of nitrogens with zero attached hydrogens (tertiary/aromatic N) is 2. The molecule has 0 aliphatic heterocycles. The second kappa shape index (κ2) is 6.88. The van der Waals surface area contributed by atoms with E-state index in [2.05, 4.69) is 5.43 Å². The molecule has 8 nitrogen and oxygen atoms in total. The highest BCUT2D eigenvalue weighted by molar-refractivity contribution is 7.98. The first-order valence-electron chi connectivity index (χ1n) is 5.55. The summed E-state index contributed by atoms with van der Waals surface area (Å²) in [6.45, 7) is 0.302. The molecule has 0 aromatic heterocycles. The Morgan fingerprint density at radius 2 is 2.15 bits per heavy atom. The number of anilines is 1. The first-order chi connectivity index (χ1) is 9.34. The molecular formula is C10H16N4O4S2. The quantitative estimate of drug-likeness (QED) is 0.434. The summed E-state index contributed by atoms with van der Waals surface area (Å²) in [7, 11) is -2.42. The second-order valence-corrected chi connectivity index (χ2v) is 6.90. The SMILES string of the molecule is CSCCN(C)S(=O)(=O)c1cc([N+](=O)[O-])ccc1NN. The fourth-order valence-electron chi connectivity index (χ4n) is 1.47. The standard InChI is InChI=1S/C10H16N4O4S2/c1-13(5-6-19-2)20(17,18)10-7-8(14(15)16)3-4-9(10)12-11/h3-4,7,12H,5-6,11H2,1-2H3. The number of nitrogens with one attached hydrogen (secondary N) is 1. The number of rotatable bonds is 7. The molecule has 0 spiro atoms. The highest BCUT2D eigenvalue weighted by Crippen LogP contribution is 2.27. The smallest absolute Gasteiger partial charge is 0.270 e. The number of thioether (sulfide) groups is 1. The van der Waals surface area contributed by atoms with E-state index < -0.39 is 14.9 Å². The van der Waals surface area contributed by atoms with E-state index in [0.717, 1.165) is 10.4 Å². The average Bonchev–Trinajstić information content (AvgIpc) is 2.43. The van der Waals surface area contributed by atoms with Crippen LogP contribution >= 0.6 is 11.8 Å². The van der Waals surface area contributed by atoms with Crippen LogP contribution in [0.2, 0.25) is 0 Å². The predicted octanol–water partition coefficient (Wildman–Crippen LogP) is 0.864. The highest BCUT2D eigenvalue weighted by atomic mass is 32.2. The van der Waals surface area contributed by atoms with Gasteiger partial charge in [0.25, 0.3) is 5.69 Å². The van der Waals surface area contributed by atoms with Crippen molar-refractivity contribution in [2.24, 2.45) is 5.84 Å². The topological polar surface area (TPSA) is 119 Å². The van der Waals surface area contributed by atoms with Crippen molar-refractivity contribution in [3.63, 3.8) is 0 Å². The van der Waals surface area contributed by atoms with Gasteiger partial charge in [0, 0.05) is 31.5 Å². The number of hydrazine groups is 1. The summed E-state index contributed by atoms with van der Waals surface area (Å²) in [6.07, 6.45) is 1.86. The Bertz CT molecular complexity index is 591. The Morgan fingerprint density at radius 3 is 2.65 bits per heavy atom. The molecule has 0 atom stereocenters. The van der Waals surface area contributed by atoms with Gasteiger partial charge in [-0.2, -0.15) is 11.8 Å². The van der Waals surface area contributed by atoms with E-state index in [1.165, 1.54) is 30.9 Å². The van der Waals surface area contributed by atoms with Gasteiger partial charge >= 0.3 is 0 Å². The Labute approximate surface area is 121 Å². The summed E-state index contributed by atoms with van der Waals surface area (Å²) >= 11 is 1.50. The largest absolute Gasteiger partial charge is 0.323 e. The Morgan fingerprint density at radius 1 is 1.50 bits per heavy atom. The molecule has 0 amide bonds. The predicted molar refractivity (Wildman–Crippen MR) is 79.1 cm³/mol. The van der Waals surface area contributed by atoms with E-state index >= 15 is 0 Å². The lowest BCUT2D eigenvalue weighted by molar-refractivity contribution is -0.385. The fraction of sp³-hybridized carbons (Fsp3) is 0.400. The zero-order valence-corrected chi connectivity index (χ0v) is 12.7. The van der Waals surface area contributed by atoms with Gasteiger partial charge in [-0.3, -0.25) is 16.0 Å². The van der Waals surface area contributed by atoms with Crippen molar-refractivity contribution in [2.75, 3.05) is 31.0 Å². The summed E-state index contributed by atoms with van der Waals surface area (Å²) < 4.78 is 25.9. The molecule has 0 saturated carbocycles. The van der Waals surface area contributed by atoms with Crippen LogP contribution in [-0.4, -0.2) is 43.2 Å². The van der Waals surface area contributed by atoms with E-state index in [0.29, 0.717) is 12.3 Å². The van der Waals surface area contributed by atoms with Gasteiger partial charge in [0.05, 0.1) is 10.6 Å². The van der Waals surface area contributed by atoms with Crippen LogP contribution in [0.1, 0.15) is 0 Å². The van der Waals surface area contributed by atoms with Gasteiger partial charge in [-0.25, -0.2) is 12.7 Å². The van der Waals surface area contributed by atoms with Gasteiger partial charge in [0.2, 0.25) is 10.0 Å². The maximum Gasteiger partial charge on any atom is 0.270 e. The van der Waals surface area contributed by atoms with Crippen LogP contribution in [0.4, 0.5) is 11.4 Å². The van der Waals surface area contributed by atoms with Gasteiger partial charge in [0.1, 0.15) is 4.90 Å². The van der Waals surface area contributed by atoms with Gasteiger partial charge in [-0.15, -0.1) is 0 Å². The molecule has 0 radical (unpaired) electrons. The summed E-state index contributed by atoms with van der Waals surface area (Å²) in [5, 5.41) is 10.8. The van der Waals surface area contributed by atoms with E-state index in [9.17, 15) is 18.5 Å². The first kappa shape index (κ1) is 16.7. The van der Waals surface area contributed by atoms with Crippen molar-refractivity contribution in [3.05, 3.63) is 28.3 Å². The third-order valence-corrected chi connectivity index (χ3v) is 5.12. The van der Waals surface area contributed by atoms with Crippen molar-refractivity contribution >= 4 is 33.2 Å². The molecule has 0 aliphatic rings. The van der Waals surface area contributed by atoms with E-state index in [4.69, 9.17) is 5.84 Å². The monoisotopic (exact) mass is 320 g/mol. The molecule has 0 bridgehead atoms. The number of sulfonamides is 1. The second-order valence-electron chi connectivity index (χ2n) is 3.90. The van der Waals surface area contributed by atoms with Crippen LogP contribution in [0.3, 0.4) is 0 Å². The Kier molecular flexibility index (Phi) is 5.74. The summed E-state index contributed by atoms with van der Waals surface area (Å²) in [6, 6.07) is 3.46. The van der Waals surface area contributed by atoms with Crippen molar-refractivity contribution < 1.29 is 13.3 Å². The molecule has 10 heteroatoms. The number of hydrogen-bond acceptors (Lipinski definition) is 7. The molecule has 0 saturated heterocycles. The first-order valence-corrected chi connectivity index (χ1v) is 8.38. The zero-order valence-electron chi connectivity index (χ0n) is 11.1. The van der Waals surface area contributed by atoms with E-state index in [1.54, 1.807) is 0 Å². The van der Waals surface area contributed by atoms with Crippen LogP contribution in [0.5, 0.6) is 0 Å². The van der Waals surface area contributed by atoms with Crippen molar-refractivity contribution in [1.29, 1.82) is 0 Å². The lowest BCUT2D eigenvalue weighted by Crippen LogP contribution is -2.30. The number of nitro benzene ring substituents is 1. The van der Waals surface area contributed by atoms with Crippen LogP contribution < -0.4 is 11.3 Å². The average molecular weight is 320 g/mol. The van der Waals surface area contributed by atoms with Gasteiger partial charge in [-0.05, 0) is 12.3 Å². The fourth-order valence-corrected chi connectivity index (χ4v) is 3.38. The molecule has 0 heterocycles. The third-order valence-electron chi connectivity index (χ3n) is 2.63. The molecular weight excluding hydrogens is 304 g/mol. The molecule has 3 N–H and O–H groups in total. The minimum absolute atomic E-state index is 0.117. The summed E-state index contributed by atoms with van der Waals surface area (Å²) in [5.74, 6) is 5.89.